The van der Waals surface area contributed by atoms with Gasteiger partial charge in [-0.2, -0.15) is 0 Å². The van der Waals surface area contributed by atoms with Crippen molar-refractivity contribution in [3.05, 3.63) is 0 Å². The molecule has 0 amide bonds. The zero-order chi connectivity index (χ0) is 10.3. The topological polar surface area (TPSA) is 21.3 Å². The highest BCUT2D eigenvalue weighted by molar-refractivity contribution is 4.68. The monoisotopic (exact) mass is 187 g/mol. The van der Waals surface area contributed by atoms with Crippen molar-refractivity contribution in [1.82, 2.24) is 5.32 Å². The van der Waals surface area contributed by atoms with Crippen molar-refractivity contribution in [2.24, 2.45) is 0 Å². The molecule has 0 fully saturated rings. The van der Waals surface area contributed by atoms with E-state index in [-0.39, 0.29) is 5.60 Å². The van der Waals surface area contributed by atoms with Crippen molar-refractivity contribution in [2.75, 3.05) is 13.6 Å². The Balaban J connectivity index is 3.55. The summed E-state index contributed by atoms with van der Waals surface area (Å²) in [6, 6.07) is 0. The van der Waals surface area contributed by atoms with Crippen LogP contribution in [0.2, 0.25) is 0 Å². The molecule has 80 valence electrons. The maximum atomic E-state index is 5.91. The molecule has 13 heavy (non-hydrogen) atoms. The van der Waals surface area contributed by atoms with Gasteiger partial charge in [0.05, 0.1) is 11.7 Å². The van der Waals surface area contributed by atoms with Gasteiger partial charge in [0, 0.05) is 0 Å². The van der Waals surface area contributed by atoms with E-state index in [1.807, 2.05) is 7.05 Å². The molecule has 0 saturated heterocycles. The van der Waals surface area contributed by atoms with E-state index in [9.17, 15) is 0 Å². The Labute approximate surface area is 83.1 Å². The molecule has 0 radical (unpaired) electrons. The molecule has 0 heterocycles. The summed E-state index contributed by atoms with van der Waals surface area (Å²) in [5.74, 6) is 0. The van der Waals surface area contributed by atoms with Gasteiger partial charge in [0.1, 0.15) is 0 Å². The lowest BCUT2D eigenvalue weighted by molar-refractivity contribution is -0.0686. The largest absolute Gasteiger partial charge is 0.373 e. The quantitative estimate of drug-likeness (QED) is 0.619. The Morgan fingerprint density at radius 2 is 2.00 bits per heavy atom. The highest BCUT2D eigenvalue weighted by Crippen LogP contribution is 2.17. The van der Waals surface area contributed by atoms with Crippen LogP contribution in [0.25, 0.3) is 0 Å². The minimum atomic E-state index is 0.0407. The molecule has 2 nitrogen and oxygen atoms in total. The predicted molar refractivity (Wildman–Crippen MR) is 58.1 cm³/mol. The van der Waals surface area contributed by atoms with Gasteiger partial charge < -0.3 is 10.1 Å². The van der Waals surface area contributed by atoms with E-state index in [0.29, 0.717) is 6.10 Å². The van der Waals surface area contributed by atoms with Crippen LogP contribution in [0.3, 0.4) is 0 Å². The van der Waals surface area contributed by atoms with Crippen molar-refractivity contribution < 1.29 is 4.74 Å². The lowest BCUT2D eigenvalue weighted by Gasteiger charge is -2.28. The van der Waals surface area contributed by atoms with Crippen LogP contribution in [0.15, 0.2) is 0 Å². The average Bonchev–Trinajstić information content (AvgIpc) is 2.04. The van der Waals surface area contributed by atoms with Gasteiger partial charge in [0.25, 0.3) is 0 Å². The molecule has 0 aliphatic carbocycles. The van der Waals surface area contributed by atoms with E-state index in [0.717, 1.165) is 19.4 Å². The SMILES string of the molecule is CCC(C)(C)OC(C)CCCNC. The van der Waals surface area contributed by atoms with Gasteiger partial charge in [-0.15, -0.1) is 0 Å². The highest BCUT2D eigenvalue weighted by Gasteiger charge is 2.18. The summed E-state index contributed by atoms with van der Waals surface area (Å²) in [5.41, 5.74) is 0.0407. The second kappa shape index (κ2) is 6.39. The fourth-order valence-electron chi connectivity index (χ4n) is 1.25. The molecule has 2 heteroatoms. The fourth-order valence-corrected chi connectivity index (χ4v) is 1.25. The van der Waals surface area contributed by atoms with Crippen LogP contribution in [0.4, 0.5) is 0 Å². The standard InChI is InChI=1S/C11H25NO/c1-6-11(3,4)13-10(2)8-7-9-12-5/h10,12H,6-9H2,1-5H3. The molecule has 0 bridgehead atoms. The lowest BCUT2D eigenvalue weighted by Crippen LogP contribution is -2.28. The third kappa shape index (κ3) is 7.03. The molecule has 0 aromatic carbocycles. The molecule has 1 N–H and O–H groups in total. The Morgan fingerprint density at radius 1 is 1.38 bits per heavy atom. The summed E-state index contributed by atoms with van der Waals surface area (Å²) in [6.07, 6.45) is 3.79. The van der Waals surface area contributed by atoms with Gasteiger partial charge in [-0.25, -0.2) is 0 Å². The van der Waals surface area contributed by atoms with Crippen LogP contribution in [0.1, 0.15) is 47.0 Å². The Hall–Kier alpha value is -0.0800. The van der Waals surface area contributed by atoms with Crippen LogP contribution in [-0.4, -0.2) is 25.3 Å². The number of ether oxygens (including phenoxy) is 1. The number of nitrogens with one attached hydrogen (secondary N) is 1. The molecule has 0 aromatic rings. The van der Waals surface area contributed by atoms with E-state index >= 15 is 0 Å². The molecule has 1 unspecified atom stereocenters. The van der Waals surface area contributed by atoms with Gasteiger partial charge in [-0.1, -0.05) is 6.92 Å². The minimum Gasteiger partial charge on any atom is -0.373 e. The zero-order valence-electron chi connectivity index (χ0n) is 9.81. The van der Waals surface area contributed by atoms with E-state index in [2.05, 4.69) is 33.0 Å². The first kappa shape index (κ1) is 12.9. The molecule has 0 spiro atoms. The van der Waals surface area contributed by atoms with Crippen molar-refractivity contribution in [3.8, 4) is 0 Å². The Kier molecular flexibility index (Phi) is 6.35. The van der Waals surface area contributed by atoms with Crippen LogP contribution in [0.5, 0.6) is 0 Å². The summed E-state index contributed by atoms with van der Waals surface area (Å²) >= 11 is 0. The van der Waals surface area contributed by atoms with Gasteiger partial charge in [0.2, 0.25) is 0 Å². The third-order valence-corrected chi connectivity index (χ3v) is 2.41. The zero-order valence-corrected chi connectivity index (χ0v) is 9.81. The van der Waals surface area contributed by atoms with Crippen LogP contribution < -0.4 is 5.32 Å². The highest BCUT2D eigenvalue weighted by atomic mass is 16.5. The maximum Gasteiger partial charge on any atom is 0.0627 e. The first-order valence-corrected chi connectivity index (χ1v) is 5.34. The van der Waals surface area contributed by atoms with Crippen molar-refractivity contribution in [2.45, 2.75) is 58.7 Å². The van der Waals surface area contributed by atoms with Gasteiger partial charge >= 0.3 is 0 Å². The fraction of sp³-hybridized carbons (Fsp3) is 1.00. The summed E-state index contributed by atoms with van der Waals surface area (Å²) < 4.78 is 5.91. The van der Waals surface area contributed by atoms with Gasteiger partial charge in [0.15, 0.2) is 0 Å². The Morgan fingerprint density at radius 3 is 2.46 bits per heavy atom. The van der Waals surface area contributed by atoms with E-state index in [1.54, 1.807) is 0 Å². The second-order valence-electron chi connectivity index (χ2n) is 4.29. The number of hydrogen-bond acceptors (Lipinski definition) is 2. The first-order chi connectivity index (χ1) is 6.02. The van der Waals surface area contributed by atoms with Gasteiger partial charge in [-0.3, -0.25) is 0 Å². The summed E-state index contributed by atoms with van der Waals surface area (Å²) in [7, 11) is 1.99. The maximum absolute atomic E-state index is 5.91. The molecule has 0 aromatic heterocycles. The average molecular weight is 187 g/mol. The molecule has 0 aliphatic heterocycles. The van der Waals surface area contributed by atoms with E-state index < -0.39 is 0 Å². The third-order valence-electron chi connectivity index (χ3n) is 2.41. The van der Waals surface area contributed by atoms with Crippen molar-refractivity contribution >= 4 is 0 Å². The summed E-state index contributed by atoms with van der Waals surface area (Å²) in [5, 5.41) is 3.14. The summed E-state index contributed by atoms with van der Waals surface area (Å²) in [6.45, 7) is 9.72. The molecule has 0 aliphatic rings. The molecule has 1 atom stereocenters. The van der Waals surface area contributed by atoms with Crippen LogP contribution in [0, 0.1) is 0 Å². The van der Waals surface area contributed by atoms with Crippen LogP contribution >= 0.6 is 0 Å². The minimum absolute atomic E-state index is 0.0407. The van der Waals surface area contributed by atoms with Crippen molar-refractivity contribution in [1.29, 1.82) is 0 Å². The van der Waals surface area contributed by atoms with Crippen LogP contribution in [-0.2, 0) is 4.74 Å². The number of rotatable bonds is 7. The molecule has 0 saturated carbocycles. The van der Waals surface area contributed by atoms with Gasteiger partial charge in [-0.05, 0) is 53.6 Å². The number of hydrogen-bond donors (Lipinski definition) is 1. The van der Waals surface area contributed by atoms with Crippen molar-refractivity contribution in [3.63, 3.8) is 0 Å². The van der Waals surface area contributed by atoms with E-state index in [4.69, 9.17) is 4.74 Å². The molecular weight excluding hydrogens is 162 g/mol. The molecular formula is C11H25NO. The summed E-state index contributed by atoms with van der Waals surface area (Å²) in [4.78, 5) is 0. The second-order valence-corrected chi connectivity index (χ2v) is 4.29. The Bertz CT molecular complexity index is 123. The normalized spacial score (nSPS) is 14.5. The van der Waals surface area contributed by atoms with E-state index in [1.165, 1.54) is 6.42 Å². The molecule has 0 rings (SSSR count). The predicted octanol–water partition coefficient (Wildman–Crippen LogP) is 2.58. The smallest absolute Gasteiger partial charge is 0.0627 e. The first-order valence-electron chi connectivity index (χ1n) is 5.34. The lowest BCUT2D eigenvalue weighted by atomic mass is 10.1.